The molecule has 1 unspecified atom stereocenters. The topological polar surface area (TPSA) is 88.4 Å². The molecule has 7 heteroatoms. The number of morpholine rings is 1. The molecule has 2 aromatic rings. The molecule has 2 saturated heterocycles. The summed E-state index contributed by atoms with van der Waals surface area (Å²) in [5.74, 6) is -0.123. The number of amides is 1. The minimum atomic E-state index is -0.218. The molecule has 0 spiro atoms. The molecule has 26 heavy (non-hydrogen) atoms. The molecule has 4 atom stereocenters. The summed E-state index contributed by atoms with van der Waals surface area (Å²) in [5, 5.41) is 22.1. The second-order valence-corrected chi connectivity index (χ2v) is 7.46. The van der Waals surface area contributed by atoms with Gasteiger partial charge in [-0.2, -0.15) is 5.10 Å². The number of hydrogen-bond acceptors (Lipinski definition) is 5. The van der Waals surface area contributed by atoms with Crippen molar-refractivity contribution >= 4 is 16.8 Å². The van der Waals surface area contributed by atoms with Gasteiger partial charge in [-0.15, -0.1) is 0 Å². The van der Waals surface area contributed by atoms with Crippen LogP contribution in [0.2, 0.25) is 0 Å². The quantitative estimate of drug-likeness (QED) is 0.778. The second-order valence-electron chi connectivity index (χ2n) is 7.46. The number of aromatic nitrogens is 2. The predicted octanol–water partition coefficient (Wildman–Crippen LogP) is 1.96. The van der Waals surface area contributed by atoms with E-state index in [4.69, 9.17) is 4.74 Å². The minimum absolute atomic E-state index is 0.0947. The number of nitrogens with zero attached hydrogens (tertiary/aromatic N) is 2. The van der Waals surface area contributed by atoms with Gasteiger partial charge in [-0.1, -0.05) is 13.0 Å². The summed E-state index contributed by atoms with van der Waals surface area (Å²) < 4.78 is 7.41. The van der Waals surface area contributed by atoms with Crippen LogP contribution in [0.1, 0.15) is 49.6 Å². The Morgan fingerprint density at radius 3 is 2.85 bits per heavy atom. The van der Waals surface area contributed by atoms with E-state index in [0.717, 1.165) is 24.8 Å². The maximum absolute atomic E-state index is 13.0. The highest BCUT2D eigenvalue weighted by Crippen LogP contribution is 2.30. The third-order valence-electron chi connectivity index (χ3n) is 5.52. The van der Waals surface area contributed by atoms with Gasteiger partial charge in [0.2, 0.25) is 0 Å². The number of benzene rings is 1. The van der Waals surface area contributed by atoms with Crippen molar-refractivity contribution in [2.75, 3.05) is 13.2 Å². The first kappa shape index (κ1) is 17.3. The molecule has 140 valence electrons. The van der Waals surface area contributed by atoms with Gasteiger partial charge >= 0.3 is 0 Å². The number of rotatable bonds is 4. The Balaban J connectivity index is 1.62. The predicted molar refractivity (Wildman–Crippen MR) is 98.4 cm³/mol. The zero-order valence-corrected chi connectivity index (χ0v) is 15.2. The number of carbonyl (C=O) groups excluding carboxylic acids is 1. The first-order chi connectivity index (χ1) is 12.6. The number of fused-ring (bicyclic) bond motifs is 3. The van der Waals surface area contributed by atoms with Crippen LogP contribution in [0.25, 0.3) is 10.9 Å². The number of hydrogen-bond donors (Lipinski definition) is 3. The fourth-order valence-corrected chi connectivity index (χ4v) is 4.05. The number of phenols is 1. The van der Waals surface area contributed by atoms with Gasteiger partial charge in [0.05, 0.1) is 24.1 Å². The summed E-state index contributed by atoms with van der Waals surface area (Å²) in [7, 11) is 0. The van der Waals surface area contributed by atoms with Gasteiger partial charge in [0.1, 0.15) is 5.75 Å². The van der Waals surface area contributed by atoms with E-state index in [9.17, 15) is 9.90 Å². The van der Waals surface area contributed by atoms with Crippen molar-refractivity contribution in [1.29, 1.82) is 0 Å². The van der Waals surface area contributed by atoms with E-state index in [1.165, 1.54) is 0 Å². The number of aromatic hydroxyl groups is 1. The lowest BCUT2D eigenvalue weighted by Crippen LogP contribution is -2.58. The molecular weight excluding hydrogens is 332 g/mol. The maximum atomic E-state index is 13.0. The summed E-state index contributed by atoms with van der Waals surface area (Å²) in [6.45, 7) is 5.52. The number of piperidine rings is 1. The third kappa shape index (κ3) is 3.05. The van der Waals surface area contributed by atoms with E-state index in [2.05, 4.69) is 29.6 Å². The molecule has 2 fully saturated rings. The molecular formula is C19H26N4O3. The third-order valence-corrected chi connectivity index (χ3v) is 5.52. The summed E-state index contributed by atoms with van der Waals surface area (Å²) in [6.07, 6.45) is 2.58. The Labute approximate surface area is 152 Å². The number of ether oxygens (including phenoxy) is 1. The summed E-state index contributed by atoms with van der Waals surface area (Å²) in [4.78, 5) is 13.0. The Kier molecular flexibility index (Phi) is 4.58. The molecule has 1 aromatic carbocycles. The highest BCUT2D eigenvalue weighted by molar-refractivity contribution is 6.07. The molecule has 1 aromatic heterocycles. The van der Waals surface area contributed by atoms with E-state index < -0.39 is 0 Å². The molecule has 4 rings (SSSR count). The first-order valence-electron chi connectivity index (χ1n) is 9.41. The standard InChI is InChI=1S/C19H26N4O3/c1-3-11(2)23-15-5-4-6-16(24)17(15)18(22-23)19(25)21-12-7-13-9-26-10-14(8-12)20-13/h4-6,11-14,20,24H,3,7-10H2,1-2H3,(H,21,25)/t11?,12-,13-,14+. The van der Waals surface area contributed by atoms with Crippen molar-refractivity contribution < 1.29 is 14.6 Å². The average molecular weight is 358 g/mol. The van der Waals surface area contributed by atoms with Crippen molar-refractivity contribution in [2.24, 2.45) is 0 Å². The van der Waals surface area contributed by atoms with Gasteiger partial charge in [0.25, 0.3) is 5.91 Å². The van der Waals surface area contributed by atoms with Crippen LogP contribution in [-0.4, -0.2) is 52.1 Å². The van der Waals surface area contributed by atoms with Crippen LogP contribution in [0.4, 0.5) is 0 Å². The molecule has 7 nitrogen and oxygen atoms in total. The normalized spacial score (nSPS) is 26.6. The lowest BCUT2D eigenvalue weighted by molar-refractivity contribution is 0.0148. The molecule has 0 aliphatic carbocycles. The fourth-order valence-electron chi connectivity index (χ4n) is 4.05. The fraction of sp³-hybridized carbons (Fsp3) is 0.579. The average Bonchev–Trinajstić information content (AvgIpc) is 3.02. The van der Waals surface area contributed by atoms with Gasteiger partial charge in [-0.3, -0.25) is 9.48 Å². The van der Waals surface area contributed by atoms with Crippen molar-refractivity contribution in [3.05, 3.63) is 23.9 Å². The monoisotopic (exact) mass is 358 g/mol. The van der Waals surface area contributed by atoms with E-state index in [1.807, 2.05) is 10.7 Å². The second kappa shape index (κ2) is 6.89. The molecule has 0 radical (unpaired) electrons. The van der Waals surface area contributed by atoms with Crippen molar-refractivity contribution in [3.8, 4) is 5.75 Å². The van der Waals surface area contributed by atoms with Crippen molar-refractivity contribution in [2.45, 2.75) is 57.3 Å². The van der Waals surface area contributed by atoms with Crippen LogP contribution in [0.15, 0.2) is 18.2 Å². The minimum Gasteiger partial charge on any atom is -0.507 e. The van der Waals surface area contributed by atoms with E-state index in [0.29, 0.717) is 24.3 Å². The summed E-state index contributed by atoms with van der Waals surface area (Å²) >= 11 is 0. The molecule has 2 aliphatic rings. The van der Waals surface area contributed by atoms with Crippen LogP contribution < -0.4 is 10.6 Å². The van der Waals surface area contributed by atoms with Gasteiger partial charge in [-0.25, -0.2) is 0 Å². The van der Waals surface area contributed by atoms with Gasteiger partial charge in [-0.05, 0) is 38.3 Å². The van der Waals surface area contributed by atoms with Gasteiger partial charge in [0, 0.05) is 24.2 Å². The molecule has 2 bridgehead atoms. The van der Waals surface area contributed by atoms with E-state index in [1.54, 1.807) is 12.1 Å². The summed E-state index contributed by atoms with van der Waals surface area (Å²) in [6, 6.07) is 6.11. The van der Waals surface area contributed by atoms with Crippen LogP contribution in [0.3, 0.4) is 0 Å². The molecule has 3 heterocycles. The Morgan fingerprint density at radius 2 is 2.15 bits per heavy atom. The van der Waals surface area contributed by atoms with Crippen LogP contribution >= 0.6 is 0 Å². The van der Waals surface area contributed by atoms with Gasteiger partial charge < -0.3 is 20.5 Å². The Bertz CT molecular complexity index is 806. The van der Waals surface area contributed by atoms with Crippen LogP contribution in [0.5, 0.6) is 5.75 Å². The molecule has 3 N–H and O–H groups in total. The lowest BCUT2D eigenvalue weighted by atomic mass is 9.92. The largest absolute Gasteiger partial charge is 0.507 e. The lowest BCUT2D eigenvalue weighted by Gasteiger charge is -2.40. The Morgan fingerprint density at radius 1 is 1.42 bits per heavy atom. The van der Waals surface area contributed by atoms with Crippen molar-refractivity contribution in [3.63, 3.8) is 0 Å². The molecule has 1 amide bonds. The number of nitrogens with one attached hydrogen (secondary N) is 2. The van der Waals surface area contributed by atoms with Gasteiger partial charge in [0.15, 0.2) is 5.69 Å². The zero-order chi connectivity index (χ0) is 18.3. The highest BCUT2D eigenvalue weighted by atomic mass is 16.5. The first-order valence-corrected chi connectivity index (χ1v) is 9.41. The number of phenolic OH excluding ortho intramolecular Hbond substituents is 1. The van der Waals surface area contributed by atoms with E-state index >= 15 is 0 Å². The highest BCUT2D eigenvalue weighted by Gasteiger charge is 2.33. The van der Waals surface area contributed by atoms with E-state index in [-0.39, 0.29) is 35.8 Å². The van der Waals surface area contributed by atoms with Crippen molar-refractivity contribution in [1.82, 2.24) is 20.4 Å². The van der Waals surface area contributed by atoms with Crippen LogP contribution in [-0.2, 0) is 4.74 Å². The molecule has 2 aliphatic heterocycles. The smallest absolute Gasteiger partial charge is 0.272 e. The van der Waals surface area contributed by atoms with Crippen LogP contribution in [0, 0.1) is 0 Å². The SMILES string of the molecule is CCC(C)n1nc(C(=O)N[C@H]2C[C@H]3COC[C@@H](C2)N3)c2c(O)cccc21. The number of carbonyl (C=O) groups is 1. The maximum Gasteiger partial charge on any atom is 0.272 e. The molecule has 0 saturated carbocycles. The summed E-state index contributed by atoms with van der Waals surface area (Å²) in [5.41, 5.74) is 1.10. The zero-order valence-electron chi connectivity index (χ0n) is 15.2. The Hall–Kier alpha value is -2.12.